The molecule has 2 rings (SSSR count). The van der Waals surface area contributed by atoms with E-state index in [4.69, 9.17) is 10.8 Å². The number of rotatable bonds is 4. The molecule has 0 saturated heterocycles. The van der Waals surface area contributed by atoms with Gasteiger partial charge in [0.05, 0.1) is 0 Å². The van der Waals surface area contributed by atoms with Gasteiger partial charge in [-0.15, -0.1) is 0 Å². The molecule has 0 saturated carbocycles. The van der Waals surface area contributed by atoms with Crippen molar-refractivity contribution in [1.29, 1.82) is 0 Å². The van der Waals surface area contributed by atoms with E-state index in [9.17, 15) is 4.79 Å². The highest BCUT2D eigenvalue weighted by molar-refractivity contribution is 5.83. The molecule has 2 aromatic rings. The van der Waals surface area contributed by atoms with E-state index in [2.05, 4.69) is 24.3 Å². The van der Waals surface area contributed by atoms with Crippen molar-refractivity contribution in [3.63, 3.8) is 0 Å². The summed E-state index contributed by atoms with van der Waals surface area (Å²) in [7, 11) is 0. The molecule has 0 fully saturated rings. The fraction of sp³-hybridized carbons (Fsp3) is 0.214. The fourth-order valence-electron chi connectivity index (χ4n) is 1.84. The first-order chi connectivity index (χ1) is 8.16. The summed E-state index contributed by atoms with van der Waals surface area (Å²) in [5.41, 5.74) is 6.60. The smallest absolute Gasteiger partial charge is 0.320 e. The molecule has 0 aliphatic rings. The number of carbonyl (C=O) groups is 1. The average Bonchev–Trinajstić information content (AvgIpc) is 2.35. The van der Waals surface area contributed by atoms with Crippen LogP contribution in [0.25, 0.3) is 10.8 Å². The topological polar surface area (TPSA) is 63.3 Å². The van der Waals surface area contributed by atoms with Crippen molar-refractivity contribution >= 4 is 16.7 Å². The molecule has 1 unspecified atom stereocenters. The van der Waals surface area contributed by atoms with Gasteiger partial charge in [0.15, 0.2) is 0 Å². The highest BCUT2D eigenvalue weighted by Gasteiger charge is 2.10. The van der Waals surface area contributed by atoms with E-state index in [1.807, 2.05) is 18.2 Å². The van der Waals surface area contributed by atoms with E-state index in [1.54, 1.807) is 0 Å². The van der Waals surface area contributed by atoms with Crippen LogP contribution in [-0.4, -0.2) is 17.1 Å². The van der Waals surface area contributed by atoms with Gasteiger partial charge in [0, 0.05) is 0 Å². The normalized spacial score (nSPS) is 12.5. The van der Waals surface area contributed by atoms with Gasteiger partial charge in [-0.05, 0) is 29.2 Å². The Bertz CT molecular complexity index is 536. The summed E-state index contributed by atoms with van der Waals surface area (Å²) in [6.45, 7) is 0. The zero-order valence-corrected chi connectivity index (χ0v) is 9.47. The van der Waals surface area contributed by atoms with Gasteiger partial charge in [-0.25, -0.2) is 0 Å². The Labute approximate surface area is 99.9 Å². The van der Waals surface area contributed by atoms with Crippen molar-refractivity contribution in [1.82, 2.24) is 0 Å². The lowest BCUT2D eigenvalue weighted by Crippen LogP contribution is -2.30. The summed E-state index contributed by atoms with van der Waals surface area (Å²) >= 11 is 0. The maximum atomic E-state index is 10.6. The summed E-state index contributed by atoms with van der Waals surface area (Å²) in [4.78, 5) is 10.6. The molecule has 0 aliphatic carbocycles. The third kappa shape index (κ3) is 2.82. The molecule has 3 N–H and O–H groups in total. The minimum absolute atomic E-state index is 0.466. The molecule has 0 amide bonds. The second-order valence-electron chi connectivity index (χ2n) is 4.16. The maximum Gasteiger partial charge on any atom is 0.320 e. The monoisotopic (exact) mass is 229 g/mol. The first-order valence-electron chi connectivity index (χ1n) is 5.63. The lowest BCUT2D eigenvalue weighted by atomic mass is 10.0. The predicted molar refractivity (Wildman–Crippen MR) is 67.9 cm³/mol. The summed E-state index contributed by atoms with van der Waals surface area (Å²) < 4.78 is 0. The number of nitrogens with two attached hydrogens (primary N) is 1. The summed E-state index contributed by atoms with van der Waals surface area (Å²) in [6, 6.07) is 13.5. The van der Waals surface area contributed by atoms with Crippen molar-refractivity contribution in [2.45, 2.75) is 18.9 Å². The van der Waals surface area contributed by atoms with E-state index in [1.165, 1.54) is 10.8 Å². The van der Waals surface area contributed by atoms with Gasteiger partial charge in [-0.1, -0.05) is 42.5 Å². The number of aliphatic carboxylic acids is 1. The van der Waals surface area contributed by atoms with Crippen LogP contribution < -0.4 is 5.73 Å². The van der Waals surface area contributed by atoms with Gasteiger partial charge in [0.2, 0.25) is 0 Å². The molecule has 0 radical (unpaired) electrons. The Morgan fingerprint density at radius 3 is 2.59 bits per heavy atom. The Morgan fingerprint density at radius 2 is 1.88 bits per heavy atom. The van der Waals surface area contributed by atoms with Crippen molar-refractivity contribution in [2.75, 3.05) is 0 Å². The van der Waals surface area contributed by atoms with E-state index in [0.717, 1.165) is 5.56 Å². The van der Waals surface area contributed by atoms with Crippen molar-refractivity contribution < 1.29 is 9.90 Å². The first kappa shape index (κ1) is 11.6. The summed E-state index contributed by atoms with van der Waals surface area (Å²) in [5, 5.41) is 11.1. The fourth-order valence-corrected chi connectivity index (χ4v) is 1.84. The largest absolute Gasteiger partial charge is 0.480 e. The molecule has 0 heterocycles. The van der Waals surface area contributed by atoms with E-state index >= 15 is 0 Å². The highest BCUT2D eigenvalue weighted by atomic mass is 16.4. The van der Waals surface area contributed by atoms with Crippen LogP contribution in [0.15, 0.2) is 42.5 Å². The first-order valence-corrected chi connectivity index (χ1v) is 5.63. The SMILES string of the molecule is NC(CCc1ccc2ccccc2c1)C(=O)O. The molecule has 0 bridgehead atoms. The van der Waals surface area contributed by atoms with Gasteiger partial charge in [0.25, 0.3) is 0 Å². The predicted octanol–water partition coefficient (Wildman–Crippen LogP) is 2.18. The minimum atomic E-state index is -0.939. The van der Waals surface area contributed by atoms with Gasteiger partial charge in [-0.2, -0.15) is 0 Å². The van der Waals surface area contributed by atoms with Crippen molar-refractivity contribution in [3.05, 3.63) is 48.0 Å². The third-order valence-corrected chi connectivity index (χ3v) is 2.88. The third-order valence-electron chi connectivity index (χ3n) is 2.88. The second-order valence-corrected chi connectivity index (χ2v) is 4.16. The van der Waals surface area contributed by atoms with Crippen LogP contribution in [-0.2, 0) is 11.2 Å². The molecule has 1 atom stereocenters. The average molecular weight is 229 g/mol. The van der Waals surface area contributed by atoms with Gasteiger partial charge in [-0.3, -0.25) is 4.79 Å². The Hall–Kier alpha value is -1.87. The number of hydrogen-bond donors (Lipinski definition) is 2. The molecule has 0 spiro atoms. The Balaban J connectivity index is 2.12. The van der Waals surface area contributed by atoms with Crippen LogP contribution in [0.3, 0.4) is 0 Å². The van der Waals surface area contributed by atoms with Crippen LogP contribution in [0.4, 0.5) is 0 Å². The minimum Gasteiger partial charge on any atom is -0.480 e. The maximum absolute atomic E-state index is 10.6. The number of benzene rings is 2. The Morgan fingerprint density at radius 1 is 1.18 bits per heavy atom. The molecule has 0 aliphatic heterocycles. The number of carboxylic acid groups (broad SMARTS) is 1. The van der Waals surface area contributed by atoms with Crippen LogP contribution in [0, 0.1) is 0 Å². The lowest BCUT2D eigenvalue weighted by molar-refractivity contribution is -0.138. The molecule has 2 aromatic carbocycles. The second kappa shape index (κ2) is 4.97. The lowest BCUT2D eigenvalue weighted by Gasteiger charge is -2.07. The van der Waals surface area contributed by atoms with Crippen LogP contribution in [0.1, 0.15) is 12.0 Å². The molecule has 88 valence electrons. The van der Waals surface area contributed by atoms with Crippen molar-refractivity contribution in [3.8, 4) is 0 Å². The standard InChI is InChI=1S/C14H15NO2/c15-13(14(16)17)8-6-10-5-7-11-3-1-2-4-12(11)9-10/h1-5,7,9,13H,6,8,15H2,(H,16,17). The number of aryl methyl sites for hydroxylation is 1. The quantitative estimate of drug-likeness (QED) is 0.844. The Kier molecular flexibility index (Phi) is 3.40. The number of fused-ring (bicyclic) bond motifs is 1. The zero-order chi connectivity index (χ0) is 12.3. The van der Waals surface area contributed by atoms with E-state index < -0.39 is 12.0 Å². The number of hydrogen-bond acceptors (Lipinski definition) is 2. The molecule has 0 aromatic heterocycles. The molecular formula is C14H15NO2. The van der Waals surface area contributed by atoms with Crippen LogP contribution >= 0.6 is 0 Å². The summed E-state index contributed by atoms with van der Waals surface area (Å²) in [5.74, 6) is -0.939. The van der Waals surface area contributed by atoms with Gasteiger partial charge < -0.3 is 10.8 Å². The van der Waals surface area contributed by atoms with Gasteiger partial charge in [0.1, 0.15) is 6.04 Å². The molecule has 17 heavy (non-hydrogen) atoms. The van der Waals surface area contributed by atoms with E-state index in [0.29, 0.717) is 12.8 Å². The highest BCUT2D eigenvalue weighted by Crippen LogP contribution is 2.16. The molecule has 3 nitrogen and oxygen atoms in total. The molecule has 3 heteroatoms. The summed E-state index contributed by atoms with van der Waals surface area (Å²) in [6.07, 6.45) is 1.16. The van der Waals surface area contributed by atoms with Crippen LogP contribution in [0.5, 0.6) is 0 Å². The van der Waals surface area contributed by atoms with E-state index in [-0.39, 0.29) is 0 Å². The van der Waals surface area contributed by atoms with Crippen LogP contribution in [0.2, 0.25) is 0 Å². The van der Waals surface area contributed by atoms with Gasteiger partial charge >= 0.3 is 5.97 Å². The zero-order valence-electron chi connectivity index (χ0n) is 9.47. The number of carboxylic acids is 1. The van der Waals surface area contributed by atoms with Crippen molar-refractivity contribution in [2.24, 2.45) is 5.73 Å². The molecular weight excluding hydrogens is 214 g/mol.